The number of rotatable bonds is 6. The topological polar surface area (TPSA) is 21.3 Å². The van der Waals surface area contributed by atoms with Crippen LogP contribution in [0.1, 0.15) is 30.5 Å². The Labute approximate surface area is 129 Å². The molecule has 2 nitrogen and oxygen atoms in total. The third kappa shape index (κ3) is 3.84. The van der Waals surface area contributed by atoms with Gasteiger partial charge in [0.05, 0.1) is 7.11 Å². The van der Waals surface area contributed by atoms with Crippen LogP contribution < -0.4 is 10.1 Å². The van der Waals surface area contributed by atoms with Gasteiger partial charge in [-0.15, -0.1) is 0 Å². The highest BCUT2D eigenvalue weighted by molar-refractivity contribution is 9.10. The molecular weight excluding hydrogens is 314 g/mol. The van der Waals surface area contributed by atoms with Crippen LogP contribution in [0.25, 0.3) is 0 Å². The van der Waals surface area contributed by atoms with E-state index in [0.29, 0.717) is 6.04 Å². The summed E-state index contributed by atoms with van der Waals surface area (Å²) in [6.07, 6.45) is 1.06. The molecule has 0 spiro atoms. The quantitative estimate of drug-likeness (QED) is 0.827. The number of methoxy groups -OCH3 is 1. The molecule has 1 N–H and O–H groups in total. The monoisotopic (exact) mass is 333 g/mol. The van der Waals surface area contributed by atoms with Gasteiger partial charge in [0.1, 0.15) is 5.75 Å². The molecule has 0 radical (unpaired) electrons. The Morgan fingerprint density at radius 2 is 1.90 bits per heavy atom. The summed E-state index contributed by atoms with van der Waals surface area (Å²) < 4.78 is 6.38. The highest BCUT2D eigenvalue weighted by Gasteiger charge is 2.09. The third-order valence-corrected chi connectivity index (χ3v) is 4.18. The molecule has 0 aliphatic carbocycles. The Kier molecular flexibility index (Phi) is 5.62. The zero-order chi connectivity index (χ0) is 14.4. The number of ether oxygens (including phenoxy) is 1. The highest BCUT2D eigenvalue weighted by Crippen LogP contribution is 2.24. The lowest BCUT2D eigenvalue weighted by Crippen LogP contribution is -2.20. The van der Waals surface area contributed by atoms with E-state index in [1.807, 2.05) is 12.1 Å². The van der Waals surface area contributed by atoms with Gasteiger partial charge in [0.15, 0.2) is 0 Å². The summed E-state index contributed by atoms with van der Waals surface area (Å²) in [5, 5.41) is 3.61. The van der Waals surface area contributed by atoms with Crippen LogP contribution in [0.5, 0.6) is 5.75 Å². The lowest BCUT2D eigenvalue weighted by atomic mass is 10.0. The van der Waals surface area contributed by atoms with E-state index >= 15 is 0 Å². The Balaban J connectivity index is 2.07. The van der Waals surface area contributed by atoms with Gasteiger partial charge in [-0.05, 0) is 35.7 Å². The van der Waals surface area contributed by atoms with Crippen LogP contribution in [0.3, 0.4) is 0 Å². The maximum atomic E-state index is 5.28. The van der Waals surface area contributed by atoms with Crippen molar-refractivity contribution >= 4 is 15.9 Å². The summed E-state index contributed by atoms with van der Waals surface area (Å²) in [6, 6.07) is 17.0. The number of benzene rings is 2. The predicted molar refractivity (Wildman–Crippen MR) is 87.0 cm³/mol. The molecule has 0 saturated heterocycles. The fraction of sp³-hybridized carbons (Fsp3) is 0.294. The average molecular weight is 334 g/mol. The van der Waals surface area contributed by atoms with Gasteiger partial charge in [0.2, 0.25) is 0 Å². The number of halogens is 1. The average Bonchev–Trinajstić information content (AvgIpc) is 2.50. The largest absolute Gasteiger partial charge is 0.497 e. The summed E-state index contributed by atoms with van der Waals surface area (Å²) >= 11 is 3.59. The second-order valence-electron chi connectivity index (χ2n) is 4.71. The molecule has 1 unspecified atom stereocenters. The number of nitrogens with one attached hydrogen (secondary N) is 1. The Hall–Kier alpha value is -1.32. The van der Waals surface area contributed by atoms with E-state index in [2.05, 4.69) is 64.6 Å². The van der Waals surface area contributed by atoms with Gasteiger partial charge in [-0.1, -0.05) is 53.2 Å². The van der Waals surface area contributed by atoms with Crippen molar-refractivity contribution in [2.45, 2.75) is 25.9 Å². The van der Waals surface area contributed by atoms with Gasteiger partial charge in [0, 0.05) is 17.1 Å². The molecule has 0 heterocycles. The van der Waals surface area contributed by atoms with Crippen LogP contribution >= 0.6 is 15.9 Å². The van der Waals surface area contributed by atoms with E-state index in [1.54, 1.807) is 7.11 Å². The Morgan fingerprint density at radius 1 is 1.15 bits per heavy atom. The first kappa shape index (κ1) is 15.1. The first-order valence-corrected chi connectivity index (χ1v) is 7.64. The molecule has 0 aliphatic rings. The van der Waals surface area contributed by atoms with Gasteiger partial charge in [-0.2, -0.15) is 0 Å². The van der Waals surface area contributed by atoms with Crippen molar-refractivity contribution in [1.82, 2.24) is 5.32 Å². The lowest BCUT2D eigenvalue weighted by molar-refractivity contribution is 0.413. The maximum absolute atomic E-state index is 5.28. The Bertz CT molecular complexity index is 542. The normalized spacial score (nSPS) is 12.2. The van der Waals surface area contributed by atoms with Crippen molar-refractivity contribution in [3.63, 3.8) is 0 Å². The summed E-state index contributed by atoms with van der Waals surface area (Å²) in [5.41, 5.74) is 2.53. The molecule has 0 amide bonds. The van der Waals surface area contributed by atoms with Crippen molar-refractivity contribution in [2.24, 2.45) is 0 Å². The van der Waals surface area contributed by atoms with E-state index in [0.717, 1.165) is 23.2 Å². The molecule has 0 bridgehead atoms. The van der Waals surface area contributed by atoms with Gasteiger partial charge in [0.25, 0.3) is 0 Å². The molecular formula is C17H20BrNO. The smallest absolute Gasteiger partial charge is 0.119 e. The first-order valence-electron chi connectivity index (χ1n) is 6.85. The third-order valence-electron chi connectivity index (χ3n) is 3.40. The van der Waals surface area contributed by atoms with Crippen molar-refractivity contribution in [3.8, 4) is 5.75 Å². The molecule has 2 rings (SSSR count). The second kappa shape index (κ2) is 7.46. The van der Waals surface area contributed by atoms with Crippen molar-refractivity contribution in [1.29, 1.82) is 0 Å². The molecule has 2 aromatic carbocycles. The van der Waals surface area contributed by atoms with Gasteiger partial charge >= 0.3 is 0 Å². The minimum atomic E-state index is 0.370. The molecule has 1 atom stereocenters. The summed E-state index contributed by atoms with van der Waals surface area (Å²) in [4.78, 5) is 0. The number of hydrogen-bond donors (Lipinski definition) is 1. The van der Waals surface area contributed by atoms with E-state index < -0.39 is 0 Å². The predicted octanol–water partition coefficient (Wildman–Crippen LogP) is 4.70. The minimum absolute atomic E-state index is 0.370. The highest BCUT2D eigenvalue weighted by atomic mass is 79.9. The van der Waals surface area contributed by atoms with E-state index in [4.69, 9.17) is 4.74 Å². The SMILES string of the molecule is CCC(NCc1cc(OC)ccc1Br)c1ccccc1. The molecule has 2 aromatic rings. The van der Waals surface area contributed by atoms with Crippen LogP contribution in [0, 0.1) is 0 Å². The molecule has 0 aromatic heterocycles. The minimum Gasteiger partial charge on any atom is -0.497 e. The first-order chi connectivity index (χ1) is 9.74. The summed E-state index contributed by atoms with van der Waals surface area (Å²) in [5.74, 6) is 0.887. The summed E-state index contributed by atoms with van der Waals surface area (Å²) in [6.45, 7) is 3.01. The van der Waals surface area contributed by atoms with Crippen LogP contribution in [-0.2, 0) is 6.54 Å². The van der Waals surface area contributed by atoms with Gasteiger partial charge in [-0.25, -0.2) is 0 Å². The number of hydrogen-bond acceptors (Lipinski definition) is 2. The van der Waals surface area contributed by atoms with Crippen molar-refractivity contribution < 1.29 is 4.74 Å². The molecule has 106 valence electrons. The van der Waals surface area contributed by atoms with Crippen LogP contribution in [0.15, 0.2) is 53.0 Å². The van der Waals surface area contributed by atoms with Crippen LogP contribution in [-0.4, -0.2) is 7.11 Å². The molecule has 0 fully saturated rings. The van der Waals surface area contributed by atoms with Crippen molar-refractivity contribution in [3.05, 3.63) is 64.1 Å². The summed E-state index contributed by atoms with van der Waals surface area (Å²) in [7, 11) is 1.69. The van der Waals surface area contributed by atoms with E-state index in [9.17, 15) is 0 Å². The fourth-order valence-corrected chi connectivity index (χ4v) is 2.62. The molecule has 20 heavy (non-hydrogen) atoms. The maximum Gasteiger partial charge on any atom is 0.119 e. The zero-order valence-corrected chi connectivity index (χ0v) is 13.5. The van der Waals surface area contributed by atoms with E-state index in [-0.39, 0.29) is 0 Å². The van der Waals surface area contributed by atoms with E-state index in [1.165, 1.54) is 11.1 Å². The van der Waals surface area contributed by atoms with Crippen molar-refractivity contribution in [2.75, 3.05) is 7.11 Å². The van der Waals surface area contributed by atoms with Gasteiger partial charge < -0.3 is 10.1 Å². The standard InChI is InChI=1S/C17H20BrNO/c1-3-17(13-7-5-4-6-8-13)19-12-14-11-15(20-2)9-10-16(14)18/h4-11,17,19H,3,12H2,1-2H3. The van der Waals surface area contributed by atoms with Crippen LogP contribution in [0.2, 0.25) is 0 Å². The zero-order valence-electron chi connectivity index (χ0n) is 11.9. The fourth-order valence-electron chi connectivity index (χ4n) is 2.23. The second-order valence-corrected chi connectivity index (χ2v) is 5.56. The molecule has 3 heteroatoms. The molecule has 0 aliphatic heterocycles. The Morgan fingerprint density at radius 3 is 2.55 bits per heavy atom. The molecule has 0 saturated carbocycles. The lowest BCUT2D eigenvalue weighted by Gasteiger charge is -2.18. The van der Waals surface area contributed by atoms with Crippen LogP contribution in [0.4, 0.5) is 0 Å². The van der Waals surface area contributed by atoms with Gasteiger partial charge in [-0.3, -0.25) is 0 Å².